The summed E-state index contributed by atoms with van der Waals surface area (Å²) in [6.45, 7) is 8.80. The van der Waals surface area contributed by atoms with Crippen molar-refractivity contribution in [1.82, 2.24) is 5.32 Å². The number of halogens is 1. The summed E-state index contributed by atoms with van der Waals surface area (Å²) in [4.78, 5) is 0. The maximum atomic E-state index is 5.96. The van der Waals surface area contributed by atoms with Gasteiger partial charge in [0.25, 0.3) is 0 Å². The SMILES string of the molecule is COCC(CNCC(C)C)Oc1ccc(Br)c(C)c1. The van der Waals surface area contributed by atoms with Gasteiger partial charge in [0.15, 0.2) is 0 Å². The van der Waals surface area contributed by atoms with Crippen LogP contribution in [0.1, 0.15) is 19.4 Å². The number of hydrogen-bond acceptors (Lipinski definition) is 3. The molecule has 3 nitrogen and oxygen atoms in total. The van der Waals surface area contributed by atoms with E-state index in [2.05, 4.69) is 42.0 Å². The van der Waals surface area contributed by atoms with Crippen molar-refractivity contribution < 1.29 is 9.47 Å². The molecule has 0 amide bonds. The Morgan fingerprint density at radius 2 is 2.00 bits per heavy atom. The fourth-order valence-corrected chi connectivity index (χ4v) is 1.98. The molecule has 4 heteroatoms. The minimum Gasteiger partial charge on any atom is -0.487 e. The maximum Gasteiger partial charge on any atom is 0.134 e. The zero-order valence-electron chi connectivity index (χ0n) is 12.2. The Labute approximate surface area is 124 Å². The van der Waals surface area contributed by atoms with E-state index < -0.39 is 0 Å². The van der Waals surface area contributed by atoms with Crippen LogP contribution in [0.4, 0.5) is 0 Å². The maximum absolute atomic E-state index is 5.96. The van der Waals surface area contributed by atoms with E-state index in [1.807, 2.05) is 18.2 Å². The van der Waals surface area contributed by atoms with E-state index in [1.54, 1.807) is 7.11 Å². The van der Waals surface area contributed by atoms with Gasteiger partial charge < -0.3 is 14.8 Å². The second kappa shape index (κ2) is 8.56. The van der Waals surface area contributed by atoms with Crippen molar-refractivity contribution >= 4 is 15.9 Å². The van der Waals surface area contributed by atoms with Crippen LogP contribution in [0.5, 0.6) is 5.75 Å². The first-order valence-corrected chi connectivity index (χ1v) is 7.44. The predicted molar refractivity (Wildman–Crippen MR) is 82.9 cm³/mol. The topological polar surface area (TPSA) is 30.5 Å². The third-order valence-electron chi connectivity index (χ3n) is 2.71. The van der Waals surface area contributed by atoms with Gasteiger partial charge in [0, 0.05) is 18.1 Å². The molecular formula is C15H24BrNO2. The Balaban J connectivity index is 2.54. The average Bonchev–Trinajstić information content (AvgIpc) is 2.33. The average molecular weight is 330 g/mol. The monoisotopic (exact) mass is 329 g/mol. The van der Waals surface area contributed by atoms with Crippen molar-refractivity contribution in [3.05, 3.63) is 28.2 Å². The number of methoxy groups -OCH3 is 1. The van der Waals surface area contributed by atoms with Crippen molar-refractivity contribution in [1.29, 1.82) is 0 Å². The third kappa shape index (κ3) is 6.41. The highest BCUT2D eigenvalue weighted by Crippen LogP contribution is 2.22. The first-order valence-electron chi connectivity index (χ1n) is 6.65. The van der Waals surface area contributed by atoms with Crippen LogP contribution in [0.25, 0.3) is 0 Å². The molecule has 0 heterocycles. The Kier molecular flexibility index (Phi) is 7.42. The number of hydrogen-bond donors (Lipinski definition) is 1. The molecule has 1 atom stereocenters. The number of rotatable bonds is 8. The fraction of sp³-hybridized carbons (Fsp3) is 0.600. The van der Waals surface area contributed by atoms with Gasteiger partial charge in [-0.05, 0) is 43.1 Å². The van der Waals surface area contributed by atoms with Crippen molar-refractivity contribution in [2.24, 2.45) is 5.92 Å². The summed E-state index contributed by atoms with van der Waals surface area (Å²) in [7, 11) is 1.70. The Hall–Kier alpha value is -0.580. The minimum absolute atomic E-state index is 0.0318. The summed E-state index contributed by atoms with van der Waals surface area (Å²) in [5.74, 6) is 1.52. The molecule has 1 unspecified atom stereocenters. The first kappa shape index (κ1) is 16.5. The molecule has 0 aromatic heterocycles. The van der Waals surface area contributed by atoms with Crippen LogP contribution in [0.3, 0.4) is 0 Å². The van der Waals surface area contributed by atoms with Gasteiger partial charge in [-0.3, -0.25) is 0 Å². The van der Waals surface area contributed by atoms with Gasteiger partial charge in [-0.2, -0.15) is 0 Å². The molecule has 108 valence electrons. The van der Waals surface area contributed by atoms with E-state index in [0.717, 1.165) is 23.3 Å². The van der Waals surface area contributed by atoms with Crippen LogP contribution in [0.15, 0.2) is 22.7 Å². The van der Waals surface area contributed by atoms with E-state index in [4.69, 9.17) is 9.47 Å². The standard InChI is InChI=1S/C15H24BrNO2/c1-11(2)8-17-9-14(10-18-4)19-13-5-6-15(16)12(3)7-13/h5-7,11,14,17H,8-10H2,1-4H3. The number of benzene rings is 1. The Bertz CT molecular complexity index is 382. The lowest BCUT2D eigenvalue weighted by molar-refractivity contribution is 0.0802. The number of ether oxygens (including phenoxy) is 2. The zero-order chi connectivity index (χ0) is 14.3. The summed E-state index contributed by atoms with van der Waals surface area (Å²) in [6.07, 6.45) is 0.0318. The fourth-order valence-electron chi connectivity index (χ4n) is 1.74. The highest BCUT2D eigenvalue weighted by molar-refractivity contribution is 9.10. The van der Waals surface area contributed by atoms with Gasteiger partial charge in [0.2, 0.25) is 0 Å². The normalized spacial score (nSPS) is 12.7. The molecule has 0 fully saturated rings. The number of aryl methyl sites for hydroxylation is 1. The van der Waals surface area contributed by atoms with Gasteiger partial charge in [-0.15, -0.1) is 0 Å². The van der Waals surface area contributed by atoms with E-state index in [0.29, 0.717) is 12.5 Å². The van der Waals surface area contributed by atoms with Crippen molar-refractivity contribution in [2.45, 2.75) is 26.9 Å². The van der Waals surface area contributed by atoms with E-state index >= 15 is 0 Å². The molecule has 1 N–H and O–H groups in total. The quantitative estimate of drug-likeness (QED) is 0.792. The van der Waals surface area contributed by atoms with Gasteiger partial charge >= 0.3 is 0 Å². The van der Waals surface area contributed by atoms with Gasteiger partial charge in [-0.25, -0.2) is 0 Å². The summed E-state index contributed by atoms with van der Waals surface area (Å²) < 4.78 is 12.3. The Morgan fingerprint density at radius 1 is 1.26 bits per heavy atom. The highest BCUT2D eigenvalue weighted by Gasteiger charge is 2.11. The molecule has 0 aliphatic carbocycles. The lowest BCUT2D eigenvalue weighted by Gasteiger charge is -2.20. The molecule has 19 heavy (non-hydrogen) atoms. The van der Waals surface area contributed by atoms with E-state index in [9.17, 15) is 0 Å². The molecule has 0 radical (unpaired) electrons. The minimum atomic E-state index is 0.0318. The third-order valence-corrected chi connectivity index (χ3v) is 3.60. The van der Waals surface area contributed by atoms with Crippen LogP contribution in [0, 0.1) is 12.8 Å². The van der Waals surface area contributed by atoms with E-state index in [1.165, 1.54) is 5.56 Å². The van der Waals surface area contributed by atoms with Crippen molar-refractivity contribution in [3.8, 4) is 5.75 Å². The van der Waals surface area contributed by atoms with Gasteiger partial charge in [0.1, 0.15) is 11.9 Å². The van der Waals surface area contributed by atoms with Gasteiger partial charge in [0.05, 0.1) is 6.61 Å². The Morgan fingerprint density at radius 3 is 2.58 bits per heavy atom. The largest absolute Gasteiger partial charge is 0.487 e. The predicted octanol–water partition coefficient (Wildman–Crippen LogP) is 3.40. The molecule has 0 spiro atoms. The molecule has 0 aliphatic heterocycles. The van der Waals surface area contributed by atoms with Crippen LogP contribution in [0.2, 0.25) is 0 Å². The van der Waals surface area contributed by atoms with Crippen LogP contribution in [-0.4, -0.2) is 32.9 Å². The lowest BCUT2D eigenvalue weighted by atomic mass is 10.2. The summed E-state index contributed by atoms with van der Waals surface area (Å²) in [5.41, 5.74) is 1.17. The molecule has 0 bridgehead atoms. The second-order valence-electron chi connectivity index (χ2n) is 5.16. The molecule has 1 aromatic rings. The molecule has 0 aliphatic rings. The molecule has 1 rings (SSSR count). The van der Waals surface area contributed by atoms with Crippen molar-refractivity contribution in [2.75, 3.05) is 26.8 Å². The second-order valence-corrected chi connectivity index (χ2v) is 6.01. The summed E-state index contributed by atoms with van der Waals surface area (Å²) in [6, 6.07) is 6.02. The molecule has 0 saturated heterocycles. The van der Waals surface area contributed by atoms with Gasteiger partial charge in [-0.1, -0.05) is 29.8 Å². The number of nitrogens with one attached hydrogen (secondary N) is 1. The molecule has 0 saturated carbocycles. The summed E-state index contributed by atoms with van der Waals surface area (Å²) >= 11 is 3.49. The lowest BCUT2D eigenvalue weighted by Crippen LogP contribution is -2.36. The zero-order valence-corrected chi connectivity index (χ0v) is 13.8. The van der Waals surface area contributed by atoms with Crippen molar-refractivity contribution in [3.63, 3.8) is 0 Å². The smallest absolute Gasteiger partial charge is 0.134 e. The molecular weight excluding hydrogens is 306 g/mol. The summed E-state index contributed by atoms with van der Waals surface area (Å²) in [5, 5.41) is 3.40. The highest BCUT2D eigenvalue weighted by atomic mass is 79.9. The van der Waals surface area contributed by atoms with E-state index in [-0.39, 0.29) is 6.10 Å². The first-order chi connectivity index (χ1) is 9.02. The molecule has 1 aromatic carbocycles. The van der Waals surface area contributed by atoms with Crippen LogP contribution < -0.4 is 10.1 Å². The van der Waals surface area contributed by atoms with Crippen LogP contribution >= 0.6 is 15.9 Å². The van der Waals surface area contributed by atoms with Crippen LogP contribution in [-0.2, 0) is 4.74 Å².